The summed E-state index contributed by atoms with van der Waals surface area (Å²) in [4.78, 5) is -0.119. The smallest absolute Gasteiger partial charge is 0.244 e. The van der Waals surface area contributed by atoms with Crippen LogP contribution in [0.25, 0.3) is 0 Å². The van der Waals surface area contributed by atoms with E-state index < -0.39 is 20.0 Å². The summed E-state index contributed by atoms with van der Waals surface area (Å²) >= 11 is 0. The predicted octanol–water partition coefficient (Wildman–Crippen LogP) is -0.469. The van der Waals surface area contributed by atoms with Crippen molar-refractivity contribution in [3.8, 4) is 11.5 Å². The minimum absolute atomic E-state index is 0.119. The van der Waals surface area contributed by atoms with Gasteiger partial charge in [0.1, 0.15) is 16.4 Å². The van der Waals surface area contributed by atoms with Crippen LogP contribution in [0.4, 0.5) is 0 Å². The highest BCUT2D eigenvalue weighted by Gasteiger charge is 2.21. The van der Waals surface area contributed by atoms with Crippen molar-refractivity contribution >= 4 is 20.0 Å². The average molecular weight is 338 g/mol. The van der Waals surface area contributed by atoms with E-state index in [1.54, 1.807) is 6.07 Å². The van der Waals surface area contributed by atoms with E-state index >= 15 is 0 Å². The molecule has 1 rings (SSSR count). The summed E-state index contributed by atoms with van der Waals surface area (Å²) in [6, 6.07) is 4.31. The molecule has 8 nitrogen and oxygen atoms in total. The molecule has 120 valence electrons. The van der Waals surface area contributed by atoms with Crippen LogP contribution in [0.15, 0.2) is 23.1 Å². The molecule has 0 saturated heterocycles. The van der Waals surface area contributed by atoms with Gasteiger partial charge in [0.15, 0.2) is 0 Å². The Morgan fingerprint density at radius 3 is 2.29 bits per heavy atom. The molecule has 0 atom stereocenters. The fourth-order valence-corrected chi connectivity index (χ4v) is 3.40. The number of benzene rings is 1. The molecule has 0 aliphatic rings. The third-order valence-corrected chi connectivity index (χ3v) is 5.48. The number of ether oxygens (including phenoxy) is 2. The molecule has 0 unspecified atom stereocenters. The summed E-state index contributed by atoms with van der Waals surface area (Å²) in [7, 11) is -3.39. The zero-order chi connectivity index (χ0) is 16.1. The maximum Gasteiger partial charge on any atom is 0.244 e. The molecule has 0 heterocycles. The van der Waals surface area contributed by atoms with Crippen LogP contribution < -0.4 is 18.9 Å². The first-order valence-corrected chi connectivity index (χ1v) is 9.02. The van der Waals surface area contributed by atoms with Crippen LogP contribution in [0.3, 0.4) is 0 Å². The summed E-state index contributed by atoms with van der Waals surface area (Å²) in [5, 5.41) is 0. The van der Waals surface area contributed by atoms with Crippen LogP contribution in [0.2, 0.25) is 0 Å². The summed E-state index contributed by atoms with van der Waals surface area (Å²) < 4.78 is 61.2. The topological polar surface area (TPSA) is 111 Å². The normalized spacial score (nSPS) is 12.1. The maximum atomic E-state index is 12.2. The van der Waals surface area contributed by atoms with E-state index in [1.807, 2.05) is 0 Å². The van der Waals surface area contributed by atoms with Gasteiger partial charge in [0.2, 0.25) is 20.0 Å². The SMILES string of the molecule is CNS(=O)(=O)CCNS(=O)(=O)c1cc(OC)ccc1OC. The molecule has 1 aromatic rings. The fraction of sp³-hybridized carbons (Fsp3) is 0.455. The van der Waals surface area contributed by atoms with Gasteiger partial charge < -0.3 is 9.47 Å². The molecule has 10 heteroatoms. The van der Waals surface area contributed by atoms with Crippen molar-refractivity contribution in [1.82, 2.24) is 9.44 Å². The maximum absolute atomic E-state index is 12.2. The molecule has 0 aliphatic heterocycles. The van der Waals surface area contributed by atoms with Gasteiger partial charge in [0, 0.05) is 12.6 Å². The average Bonchev–Trinajstić information content (AvgIpc) is 2.46. The molecule has 0 spiro atoms. The number of nitrogens with one attached hydrogen (secondary N) is 2. The van der Waals surface area contributed by atoms with Crippen molar-refractivity contribution < 1.29 is 26.3 Å². The molecule has 0 amide bonds. The molecule has 0 bridgehead atoms. The first-order chi connectivity index (χ1) is 9.75. The molecular formula is C11H18N2O6S2. The van der Waals surface area contributed by atoms with E-state index in [1.165, 1.54) is 33.4 Å². The van der Waals surface area contributed by atoms with Crippen molar-refractivity contribution in [2.45, 2.75) is 4.90 Å². The van der Waals surface area contributed by atoms with Crippen molar-refractivity contribution in [3.63, 3.8) is 0 Å². The number of sulfonamides is 2. The Balaban J connectivity index is 2.97. The van der Waals surface area contributed by atoms with Crippen LogP contribution in [-0.4, -0.2) is 50.4 Å². The van der Waals surface area contributed by atoms with Gasteiger partial charge in [-0.25, -0.2) is 26.3 Å². The third kappa shape index (κ3) is 4.84. The van der Waals surface area contributed by atoms with Gasteiger partial charge >= 0.3 is 0 Å². The molecule has 0 aliphatic carbocycles. The van der Waals surface area contributed by atoms with Crippen molar-refractivity contribution in [2.24, 2.45) is 0 Å². The largest absolute Gasteiger partial charge is 0.497 e. The summed E-state index contributed by atoms with van der Waals surface area (Å²) in [6.07, 6.45) is 0. The lowest BCUT2D eigenvalue weighted by Crippen LogP contribution is -2.33. The Morgan fingerprint density at radius 1 is 1.10 bits per heavy atom. The monoisotopic (exact) mass is 338 g/mol. The Kier molecular flexibility index (Phi) is 5.96. The summed E-state index contributed by atoms with van der Waals surface area (Å²) in [6.45, 7) is -0.258. The highest BCUT2D eigenvalue weighted by atomic mass is 32.2. The minimum atomic E-state index is -3.91. The lowest BCUT2D eigenvalue weighted by Gasteiger charge is -2.12. The third-order valence-electron chi connectivity index (χ3n) is 2.63. The van der Waals surface area contributed by atoms with Crippen LogP contribution in [0.1, 0.15) is 0 Å². The Hall–Kier alpha value is -1.36. The van der Waals surface area contributed by atoms with Gasteiger partial charge in [-0.1, -0.05) is 0 Å². The number of methoxy groups -OCH3 is 2. The fourth-order valence-electron chi connectivity index (χ4n) is 1.48. The number of hydrogen-bond acceptors (Lipinski definition) is 6. The Labute approximate surface area is 124 Å². The van der Waals surface area contributed by atoms with E-state index in [0.29, 0.717) is 5.75 Å². The summed E-state index contributed by atoms with van der Waals surface area (Å²) in [5.41, 5.74) is 0. The second-order valence-corrected chi connectivity index (χ2v) is 7.72. The van der Waals surface area contributed by atoms with E-state index in [2.05, 4.69) is 9.44 Å². The quantitative estimate of drug-likeness (QED) is 0.663. The Morgan fingerprint density at radius 2 is 1.76 bits per heavy atom. The van der Waals surface area contributed by atoms with Crippen LogP contribution in [0.5, 0.6) is 11.5 Å². The zero-order valence-corrected chi connectivity index (χ0v) is 13.5. The molecule has 2 N–H and O–H groups in total. The van der Waals surface area contributed by atoms with Gasteiger partial charge in [-0.15, -0.1) is 0 Å². The molecule has 0 fully saturated rings. The van der Waals surface area contributed by atoms with E-state index in [9.17, 15) is 16.8 Å². The van der Waals surface area contributed by atoms with E-state index in [-0.39, 0.29) is 22.9 Å². The van der Waals surface area contributed by atoms with Gasteiger partial charge in [0.25, 0.3) is 0 Å². The van der Waals surface area contributed by atoms with Crippen LogP contribution in [-0.2, 0) is 20.0 Å². The lowest BCUT2D eigenvalue weighted by atomic mass is 10.3. The molecule has 0 saturated carbocycles. The standard InChI is InChI=1S/C11H18N2O6S2/c1-12-20(14,15)7-6-13-21(16,17)11-8-9(18-2)4-5-10(11)19-3/h4-5,8,12-13H,6-7H2,1-3H3. The zero-order valence-electron chi connectivity index (χ0n) is 11.9. The van der Waals surface area contributed by atoms with Gasteiger partial charge in [-0.05, 0) is 19.2 Å². The molecule has 0 aromatic heterocycles. The first kappa shape index (κ1) is 17.7. The second kappa shape index (κ2) is 7.07. The Bertz CT molecular complexity index is 685. The van der Waals surface area contributed by atoms with Gasteiger partial charge in [-0.3, -0.25) is 0 Å². The second-order valence-electron chi connectivity index (χ2n) is 3.94. The minimum Gasteiger partial charge on any atom is -0.497 e. The van der Waals surface area contributed by atoms with Crippen LogP contribution in [0, 0.1) is 0 Å². The van der Waals surface area contributed by atoms with Gasteiger partial charge in [-0.2, -0.15) is 0 Å². The van der Waals surface area contributed by atoms with Crippen molar-refractivity contribution in [1.29, 1.82) is 0 Å². The summed E-state index contributed by atoms with van der Waals surface area (Å²) in [5.74, 6) is 0.119. The first-order valence-electron chi connectivity index (χ1n) is 5.88. The van der Waals surface area contributed by atoms with Crippen molar-refractivity contribution in [2.75, 3.05) is 33.6 Å². The highest BCUT2D eigenvalue weighted by Crippen LogP contribution is 2.27. The lowest BCUT2D eigenvalue weighted by molar-refractivity contribution is 0.392. The van der Waals surface area contributed by atoms with Crippen molar-refractivity contribution in [3.05, 3.63) is 18.2 Å². The molecule has 0 radical (unpaired) electrons. The van der Waals surface area contributed by atoms with E-state index in [4.69, 9.17) is 9.47 Å². The number of rotatable bonds is 8. The predicted molar refractivity (Wildman–Crippen MR) is 77.6 cm³/mol. The van der Waals surface area contributed by atoms with Gasteiger partial charge in [0.05, 0.1) is 20.0 Å². The van der Waals surface area contributed by atoms with Crippen LogP contribution >= 0.6 is 0 Å². The highest BCUT2D eigenvalue weighted by molar-refractivity contribution is 7.90. The number of hydrogen-bond donors (Lipinski definition) is 2. The van der Waals surface area contributed by atoms with E-state index in [0.717, 1.165) is 0 Å². The molecule has 21 heavy (non-hydrogen) atoms. The molecular weight excluding hydrogens is 320 g/mol. The molecule has 1 aromatic carbocycles.